The molecule has 0 aromatic heterocycles. The summed E-state index contributed by atoms with van der Waals surface area (Å²) in [7, 11) is 0. The van der Waals surface area contributed by atoms with E-state index in [1.165, 1.54) is 0 Å². The molecule has 1 aliphatic heterocycles. The lowest BCUT2D eigenvalue weighted by Crippen LogP contribution is -2.54. The van der Waals surface area contributed by atoms with Crippen LogP contribution >= 0.6 is 24.0 Å². The third-order valence-corrected chi connectivity index (χ3v) is 4.49. The largest absolute Gasteiger partial charge is 0.337 e. The average molecular weight is 389 g/mol. The molecule has 0 spiro atoms. The number of halogens is 2. The van der Waals surface area contributed by atoms with Crippen molar-refractivity contribution in [3.05, 3.63) is 34.9 Å². The highest BCUT2D eigenvalue weighted by Crippen LogP contribution is 2.18. The molecule has 1 heterocycles. The second-order valence-corrected chi connectivity index (χ2v) is 6.61. The molecule has 8 heteroatoms. The number of amides is 3. The van der Waals surface area contributed by atoms with Crippen LogP contribution in [-0.4, -0.2) is 42.0 Å². The molecule has 1 fully saturated rings. The van der Waals surface area contributed by atoms with Crippen molar-refractivity contribution in [2.24, 2.45) is 5.73 Å². The van der Waals surface area contributed by atoms with Crippen LogP contribution in [0.1, 0.15) is 31.7 Å². The van der Waals surface area contributed by atoms with E-state index in [0.717, 1.165) is 24.8 Å². The molecule has 0 radical (unpaired) electrons. The summed E-state index contributed by atoms with van der Waals surface area (Å²) in [5.74, 6) is -0.0846. The topological polar surface area (TPSA) is 87.5 Å². The van der Waals surface area contributed by atoms with E-state index in [2.05, 4.69) is 10.6 Å². The van der Waals surface area contributed by atoms with Gasteiger partial charge in [0.25, 0.3) is 0 Å². The van der Waals surface area contributed by atoms with Gasteiger partial charge < -0.3 is 21.3 Å². The second-order valence-electron chi connectivity index (χ2n) is 6.17. The molecular formula is C17H26Cl2N4O2. The maximum Gasteiger partial charge on any atom is 0.315 e. The van der Waals surface area contributed by atoms with Crippen LogP contribution in [0.2, 0.25) is 5.02 Å². The van der Waals surface area contributed by atoms with Gasteiger partial charge in [0, 0.05) is 30.2 Å². The summed E-state index contributed by atoms with van der Waals surface area (Å²) in [6.07, 6.45) is 2.99. The van der Waals surface area contributed by atoms with Crippen molar-refractivity contribution in [1.82, 2.24) is 15.5 Å². The summed E-state index contributed by atoms with van der Waals surface area (Å²) in [6, 6.07) is 6.85. The number of likely N-dealkylation sites (tertiary alicyclic amines) is 1. The van der Waals surface area contributed by atoms with Crippen LogP contribution < -0.4 is 16.4 Å². The van der Waals surface area contributed by atoms with Gasteiger partial charge in [-0.25, -0.2) is 4.79 Å². The first-order chi connectivity index (χ1) is 11.5. The zero-order valence-corrected chi connectivity index (χ0v) is 15.9. The van der Waals surface area contributed by atoms with Crippen LogP contribution in [0.4, 0.5) is 4.79 Å². The van der Waals surface area contributed by atoms with E-state index in [4.69, 9.17) is 17.3 Å². The van der Waals surface area contributed by atoms with E-state index in [-0.39, 0.29) is 43.0 Å². The quantitative estimate of drug-likeness (QED) is 0.722. The molecule has 0 saturated carbocycles. The van der Waals surface area contributed by atoms with Crippen molar-refractivity contribution in [2.45, 2.75) is 44.8 Å². The van der Waals surface area contributed by atoms with Gasteiger partial charge in [0.05, 0.1) is 6.54 Å². The third-order valence-electron chi connectivity index (χ3n) is 4.24. The molecular weight excluding hydrogens is 363 g/mol. The molecule has 25 heavy (non-hydrogen) atoms. The normalized spacial score (nSPS) is 18.0. The first-order valence-electron chi connectivity index (χ1n) is 8.28. The van der Waals surface area contributed by atoms with Crippen molar-refractivity contribution in [1.29, 1.82) is 0 Å². The first-order valence-corrected chi connectivity index (χ1v) is 8.66. The Balaban J connectivity index is 0.00000312. The number of piperidine rings is 1. The average Bonchev–Trinajstić information content (AvgIpc) is 2.59. The Morgan fingerprint density at radius 2 is 1.96 bits per heavy atom. The fraction of sp³-hybridized carbons (Fsp3) is 0.529. The lowest BCUT2D eigenvalue weighted by Gasteiger charge is -2.38. The minimum Gasteiger partial charge on any atom is -0.337 e. The first kappa shape index (κ1) is 21.5. The predicted molar refractivity (Wildman–Crippen MR) is 102 cm³/mol. The highest BCUT2D eigenvalue weighted by Gasteiger charge is 2.28. The SMILES string of the molecule is CC(N)C1CCCCN1C(=O)CNC(=O)NCc1ccc(Cl)cc1.Cl. The van der Waals surface area contributed by atoms with Gasteiger partial charge in [0.15, 0.2) is 0 Å². The van der Waals surface area contributed by atoms with E-state index >= 15 is 0 Å². The second kappa shape index (κ2) is 10.5. The Kier molecular flexibility index (Phi) is 9.03. The van der Waals surface area contributed by atoms with Gasteiger partial charge >= 0.3 is 6.03 Å². The molecule has 3 amide bonds. The number of nitrogens with zero attached hydrogens (tertiary/aromatic N) is 1. The maximum atomic E-state index is 12.3. The Bertz CT molecular complexity index is 566. The fourth-order valence-electron chi connectivity index (χ4n) is 2.92. The van der Waals surface area contributed by atoms with Gasteiger partial charge in [-0.2, -0.15) is 0 Å². The highest BCUT2D eigenvalue weighted by molar-refractivity contribution is 6.30. The number of carbonyl (C=O) groups is 2. The van der Waals surface area contributed by atoms with Crippen molar-refractivity contribution in [2.75, 3.05) is 13.1 Å². The van der Waals surface area contributed by atoms with Crippen LogP contribution in [0.15, 0.2) is 24.3 Å². The van der Waals surface area contributed by atoms with Gasteiger partial charge in [-0.05, 0) is 43.9 Å². The van der Waals surface area contributed by atoms with Crippen LogP contribution in [0.3, 0.4) is 0 Å². The van der Waals surface area contributed by atoms with Crippen LogP contribution in [0.5, 0.6) is 0 Å². The van der Waals surface area contributed by atoms with Crippen molar-refractivity contribution < 1.29 is 9.59 Å². The fourth-order valence-corrected chi connectivity index (χ4v) is 3.04. The summed E-state index contributed by atoms with van der Waals surface area (Å²) in [4.78, 5) is 26.0. The summed E-state index contributed by atoms with van der Waals surface area (Å²) in [6.45, 7) is 2.99. The van der Waals surface area contributed by atoms with E-state index < -0.39 is 0 Å². The summed E-state index contributed by atoms with van der Waals surface area (Å²) in [5.41, 5.74) is 6.91. The Labute approximate surface area is 159 Å². The minimum absolute atomic E-state index is 0. The van der Waals surface area contributed by atoms with E-state index in [1.807, 2.05) is 19.1 Å². The monoisotopic (exact) mass is 388 g/mol. The smallest absolute Gasteiger partial charge is 0.315 e. The summed E-state index contributed by atoms with van der Waals surface area (Å²) < 4.78 is 0. The Morgan fingerprint density at radius 3 is 2.60 bits per heavy atom. The third kappa shape index (κ3) is 6.72. The number of rotatable bonds is 5. The van der Waals surface area contributed by atoms with Gasteiger partial charge in [-0.1, -0.05) is 23.7 Å². The number of carbonyl (C=O) groups excluding carboxylic acids is 2. The molecule has 1 aliphatic rings. The molecule has 2 unspecified atom stereocenters. The number of hydrogen-bond acceptors (Lipinski definition) is 3. The molecule has 0 bridgehead atoms. The standard InChI is InChI=1S/C17H25ClN4O2.ClH/c1-12(19)15-4-2-3-9-22(15)16(23)11-21-17(24)20-10-13-5-7-14(18)8-6-13;/h5-8,12,15H,2-4,9-11,19H2,1H3,(H2,20,21,24);1H. The number of benzene rings is 1. The van der Waals surface area contributed by atoms with Crippen LogP contribution in [-0.2, 0) is 11.3 Å². The van der Waals surface area contributed by atoms with Crippen molar-refractivity contribution in [3.8, 4) is 0 Å². The number of nitrogens with two attached hydrogens (primary N) is 1. The molecule has 140 valence electrons. The number of urea groups is 1. The zero-order valence-electron chi connectivity index (χ0n) is 14.3. The van der Waals surface area contributed by atoms with E-state index in [1.54, 1.807) is 17.0 Å². The summed E-state index contributed by atoms with van der Waals surface area (Å²) in [5, 5.41) is 5.99. The maximum absolute atomic E-state index is 12.3. The Morgan fingerprint density at radius 1 is 1.28 bits per heavy atom. The lowest BCUT2D eigenvalue weighted by molar-refractivity contribution is -0.134. The molecule has 1 saturated heterocycles. The van der Waals surface area contributed by atoms with E-state index in [0.29, 0.717) is 18.1 Å². The van der Waals surface area contributed by atoms with Crippen LogP contribution in [0.25, 0.3) is 0 Å². The number of hydrogen-bond donors (Lipinski definition) is 3. The van der Waals surface area contributed by atoms with Crippen LogP contribution in [0, 0.1) is 0 Å². The molecule has 1 aromatic carbocycles. The molecule has 4 N–H and O–H groups in total. The minimum atomic E-state index is -0.368. The zero-order chi connectivity index (χ0) is 17.5. The van der Waals surface area contributed by atoms with Crippen molar-refractivity contribution in [3.63, 3.8) is 0 Å². The lowest BCUT2D eigenvalue weighted by atomic mass is 9.97. The molecule has 1 aromatic rings. The van der Waals surface area contributed by atoms with E-state index in [9.17, 15) is 9.59 Å². The Hall–Kier alpha value is -1.50. The van der Waals surface area contributed by atoms with Gasteiger partial charge in [0.1, 0.15) is 0 Å². The van der Waals surface area contributed by atoms with Gasteiger partial charge in [-0.15, -0.1) is 12.4 Å². The predicted octanol–water partition coefficient (Wildman–Crippen LogP) is 2.29. The molecule has 2 rings (SSSR count). The van der Waals surface area contributed by atoms with Crippen molar-refractivity contribution >= 4 is 35.9 Å². The van der Waals surface area contributed by atoms with Gasteiger partial charge in [0.2, 0.25) is 5.91 Å². The molecule has 2 atom stereocenters. The number of nitrogens with one attached hydrogen (secondary N) is 2. The summed E-state index contributed by atoms with van der Waals surface area (Å²) >= 11 is 5.82. The highest BCUT2D eigenvalue weighted by atomic mass is 35.5. The molecule has 6 nitrogen and oxygen atoms in total. The van der Waals surface area contributed by atoms with Gasteiger partial charge in [-0.3, -0.25) is 4.79 Å². The molecule has 0 aliphatic carbocycles.